The van der Waals surface area contributed by atoms with Crippen LogP contribution in [0.2, 0.25) is 0 Å². The van der Waals surface area contributed by atoms with Crippen LogP contribution in [0.1, 0.15) is 48.1 Å². The van der Waals surface area contributed by atoms with Crippen molar-refractivity contribution < 1.29 is 14.3 Å². The maximum absolute atomic E-state index is 11.7. The maximum Gasteiger partial charge on any atom is 0.213 e. The van der Waals surface area contributed by atoms with Gasteiger partial charge in [-0.15, -0.1) is 0 Å². The van der Waals surface area contributed by atoms with Gasteiger partial charge in [0, 0.05) is 11.5 Å². The molecule has 4 rings (SSSR count). The monoisotopic (exact) mass is 357 g/mol. The number of carbonyl (C=O) groups is 1. The number of imidazole rings is 1. The molecule has 0 atom stereocenters. The predicted octanol–water partition coefficient (Wildman–Crippen LogP) is 3.95. The molecule has 0 saturated heterocycles. The Morgan fingerprint density at radius 2 is 2.00 bits per heavy atom. The first-order valence-corrected chi connectivity index (χ1v) is 9.31. The van der Waals surface area contributed by atoms with Gasteiger partial charge in [-0.05, 0) is 31.0 Å². The maximum atomic E-state index is 11.7. The molecule has 0 unspecified atom stereocenters. The fourth-order valence-electron chi connectivity index (χ4n) is 3.09. The minimum atomic E-state index is 0.406. The highest BCUT2D eigenvalue weighted by atomic mass is 32.1. The zero-order valence-electron chi connectivity index (χ0n) is 14.2. The van der Waals surface area contributed by atoms with Crippen molar-refractivity contribution in [1.29, 1.82) is 0 Å². The number of hydrogen-bond donors (Lipinski definition) is 0. The fourth-order valence-corrected chi connectivity index (χ4v) is 4.26. The summed E-state index contributed by atoms with van der Waals surface area (Å²) in [5.74, 6) is 1.81. The lowest BCUT2D eigenvalue weighted by Gasteiger charge is -2.18. The van der Waals surface area contributed by atoms with Crippen LogP contribution >= 0.6 is 11.3 Å². The number of benzene rings is 1. The summed E-state index contributed by atoms with van der Waals surface area (Å²) < 4.78 is 12.8. The van der Waals surface area contributed by atoms with Crippen molar-refractivity contribution in [3.8, 4) is 22.8 Å². The van der Waals surface area contributed by atoms with Crippen molar-refractivity contribution in [2.24, 2.45) is 0 Å². The molecular weight excluding hydrogens is 338 g/mol. The first-order valence-electron chi connectivity index (χ1n) is 8.49. The highest BCUT2D eigenvalue weighted by molar-refractivity contribution is 7.16. The minimum absolute atomic E-state index is 0.406. The minimum Gasteiger partial charge on any atom is -0.486 e. The molecule has 1 aliphatic heterocycles. The number of carbonyl (C=O) groups excluding carboxylic acids is 1. The van der Waals surface area contributed by atoms with Crippen molar-refractivity contribution >= 4 is 22.6 Å². The Labute approximate surface area is 149 Å². The van der Waals surface area contributed by atoms with E-state index < -0.39 is 0 Å². The number of rotatable bonds is 5. The Morgan fingerprint density at radius 1 is 1.24 bits per heavy atom. The Morgan fingerprint density at radius 3 is 2.72 bits per heavy atom. The lowest BCUT2D eigenvalue weighted by molar-refractivity contribution is 0.111. The van der Waals surface area contributed by atoms with Crippen molar-refractivity contribution in [3.63, 3.8) is 0 Å². The normalized spacial score (nSPS) is 13.6. The second kappa shape index (κ2) is 6.48. The number of ether oxygens (including phenoxy) is 2. The van der Waals surface area contributed by atoms with E-state index in [0.717, 1.165) is 40.4 Å². The van der Waals surface area contributed by atoms with Crippen molar-refractivity contribution in [1.82, 2.24) is 14.6 Å². The molecular formula is C18H19N3O3S. The van der Waals surface area contributed by atoms with Crippen LogP contribution in [0, 0.1) is 0 Å². The van der Waals surface area contributed by atoms with Gasteiger partial charge in [0.1, 0.15) is 29.6 Å². The topological polar surface area (TPSA) is 65.7 Å². The molecule has 0 aliphatic carbocycles. The summed E-state index contributed by atoms with van der Waals surface area (Å²) in [5, 5.41) is 5.68. The molecule has 2 aromatic heterocycles. The smallest absolute Gasteiger partial charge is 0.213 e. The molecule has 25 heavy (non-hydrogen) atoms. The summed E-state index contributed by atoms with van der Waals surface area (Å²) in [6.07, 6.45) is 2.87. The van der Waals surface area contributed by atoms with E-state index in [9.17, 15) is 4.79 Å². The highest BCUT2D eigenvalue weighted by Crippen LogP contribution is 2.36. The van der Waals surface area contributed by atoms with E-state index in [4.69, 9.17) is 9.47 Å². The van der Waals surface area contributed by atoms with Gasteiger partial charge < -0.3 is 9.47 Å². The van der Waals surface area contributed by atoms with Gasteiger partial charge in [0.15, 0.2) is 17.8 Å². The molecule has 3 aromatic rings. The van der Waals surface area contributed by atoms with Gasteiger partial charge in [-0.3, -0.25) is 4.79 Å². The van der Waals surface area contributed by atoms with E-state index >= 15 is 0 Å². The molecule has 1 aromatic carbocycles. The molecule has 0 saturated carbocycles. The van der Waals surface area contributed by atoms with Gasteiger partial charge in [0.2, 0.25) is 4.96 Å². The van der Waals surface area contributed by atoms with Gasteiger partial charge in [0.05, 0.1) is 0 Å². The van der Waals surface area contributed by atoms with Crippen LogP contribution in [-0.4, -0.2) is 34.1 Å². The average Bonchev–Trinajstić information content (AvgIpc) is 3.20. The summed E-state index contributed by atoms with van der Waals surface area (Å²) in [7, 11) is 0. The van der Waals surface area contributed by atoms with E-state index in [0.29, 0.717) is 36.3 Å². The quantitative estimate of drug-likeness (QED) is 0.647. The Hall–Kier alpha value is -2.41. The second-order valence-corrected chi connectivity index (χ2v) is 6.96. The predicted molar refractivity (Wildman–Crippen MR) is 96.0 cm³/mol. The van der Waals surface area contributed by atoms with Crippen molar-refractivity contribution in [3.05, 3.63) is 28.9 Å². The first kappa shape index (κ1) is 16.1. The van der Waals surface area contributed by atoms with Crippen molar-refractivity contribution in [2.75, 3.05) is 13.2 Å². The van der Waals surface area contributed by atoms with Crippen LogP contribution in [0.25, 0.3) is 16.2 Å². The van der Waals surface area contributed by atoms with Gasteiger partial charge in [-0.2, -0.15) is 9.61 Å². The molecule has 0 spiro atoms. The fraction of sp³-hybridized carbons (Fsp3) is 0.389. The molecule has 1 aliphatic rings. The highest BCUT2D eigenvalue weighted by Gasteiger charge is 2.21. The van der Waals surface area contributed by atoms with Crippen LogP contribution in [0.15, 0.2) is 18.2 Å². The molecule has 0 N–H and O–H groups in total. The standard InChI is InChI=1S/C18H19N3O3S/c1-3-11(4-2)17-20-21-13(10-22)16(19-18(21)25-17)12-5-6-14-15(9-12)24-8-7-23-14/h5-6,9-11H,3-4,7-8H2,1-2H3. The molecule has 6 nitrogen and oxygen atoms in total. The van der Waals surface area contributed by atoms with E-state index in [2.05, 4.69) is 23.9 Å². The lowest BCUT2D eigenvalue weighted by Crippen LogP contribution is -2.15. The van der Waals surface area contributed by atoms with E-state index in [1.165, 1.54) is 0 Å². The SMILES string of the molecule is CCC(CC)c1nn2c(C=O)c(-c3ccc4c(c3)OCCO4)nc2s1. The molecule has 0 amide bonds. The third kappa shape index (κ3) is 2.68. The van der Waals surface area contributed by atoms with Crippen LogP contribution in [-0.2, 0) is 0 Å². The summed E-state index contributed by atoms with van der Waals surface area (Å²) in [6, 6.07) is 5.62. The average molecular weight is 357 g/mol. The largest absolute Gasteiger partial charge is 0.486 e. The first-order chi connectivity index (χ1) is 12.2. The lowest BCUT2D eigenvalue weighted by atomic mass is 10.1. The molecule has 7 heteroatoms. The molecule has 0 fully saturated rings. The summed E-state index contributed by atoms with van der Waals surface area (Å²) in [5.41, 5.74) is 1.93. The van der Waals surface area contributed by atoms with Gasteiger partial charge >= 0.3 is 0 Å². The third-order valence-electron chi connectivity index (χ3n) is 4.52. The number of aromatic nitrogens is 3. The third-order valence-corrected chi connectivity index (χ3v) is 5.59. The zero-order chi connectivity index (χ0) is 17.4. The van der Waals surface area contributed by atoms with Gasteiger partial charge in [0.25, 0.3) is 0 Å². The Kier molecular flexibility index (Phi) is 4.17. The van der Waals surface area contributed by atoms with E-state index in [-0.39, 0.29) is 0 Å². The molecule has 0 radical (unpaired) electrons. The van der Waals surface area contributed by atoms with E-state index in [1.54, 1.807) is 15.9 Å². The Balaban J connectivity index is 1.80. The van der Waals surface area contributed by atoms with Gasteiger partial charge in [-0.1, -0.05) is 25.2 Å². The van der Waals surface area contributed by atoms with Crippen LogP contribution < -0.4 is 9.47 Å². The summed E-state index contributed by atoms with van der Waals surface area (Å²) in [4.78, 5) is 17.1. The Bertz CT molecular complexity index is 927. The van der Waals surface area contributed by atoms with E-state index in [1.807, 2.05) is 18.2 Å². The van der Waals surface area contributed by atoms with Crippen molar-refractivity contribution in [2.45, 2.75) is 32.6 Å². The molecule has 0 bridgehead atoms. The second-order valence-electron chi connectivity index (χ2n) is 5.97. The number of hydrogen-bond acceptors (Lipinski definition) is 6. The summed E-state index contributed by atoms with van der Waals surface area (Å²) >= 11 is 1.55. The number of nitrogens with zero attached hydrogens (tertiary/aromatic N) is 3. The molecule has 130 valence electrons. The number of fused-ring (bicyclic) bond motifs is 2. The van der Waals surface area contributed by atoms with Gasteiger partial charge in [-0.25, -0.2) is 4.98 Å². The van der Waals surface area contributed by atoms with Crippen LogP contribution in [0.4, 0.5) is 0 Å². The van der Waals surface area contributed by atoms with Crippen LogP contribution in [0.3, 0.4) is 0 Å². The van der Waals surface area contributed by atoms with Crippen LogP contribution in [0.5, 0.6) is 11.5 Å². The number of aldehydes is 1. The summed E-state index contributed by atoms with van der Waals surface area (Å²) in [6.45, 7) is 5.38. The molecule has 3 heterocycles. The zero-order valence-corrected chi connectivity index (χ0v) is 15.0.